The van der Waals surface area contributed by atoms with E-state index in [2.05, 4.69) is 5.32 Å². The van der Waals surface area contributed by atoms with E-state index < -0.39 is 0 Å². The first-order chi connectivity index (χ1) is 16.3. The van der Waals surface area contributed by atoms with Crippen molar-refractivity contribution in [3.8, 4) is 16.9 Å². The summed E-state index contributed by atoms with van der Waals surface area (Å²) in [5.74, 6) is -0.0414. The number of hydrogen-bond donors (Lipinski definition) is 1. The van der Waals surface area contributed by atoms with Crippen LogP contribution in [0.2, 0.25) is 0 Å². The van der Waals surface area contributed by atoms with Crippen molar-refractivity contribution in [1.82, 2.24) is 0 Å². The molecule has 0 fully saturated rings. The van der Waals surface area contributed by atoms with Crippen LogP contribution in [0, 0.1) is 12.7 Å². The van der Waals surface area contributed by atoms with Crippen molar-refractivity contribution in [2.24, 2.45) is 0 Å². The van der Waals surface area contributed by atoms with Crippen LogP contribution in [0.15, 0.2) is 71.4 Å². The van der Waals surface area contributed by atoms with Crippen molar-refractivity contribution in [1.29, 1.82) is 0 Å². The highest BCUT2D eigenvalue weighted by atomic mass is 19.1. The molecule has 3 aromatic carbocycles. The van der Waals surface area contributed by atoms with E-state index in [1.807, 2.05) is 19.9 Å². The van der Waals surface area contributed by atoms with Gasteiger partial charge < -0.3 is 14.5 Å². The fraction of sp³-hybridized carbons (Fsp3) is 0.143. The third-order valence-corrected chi connectivity index (χ3v) is 5.73. The summed E-state index contributed by atoms with van der Waals surface area (Å²) >= 11 is 0. The zero-order valence-corrected chi connectivity index (χ0v) is 19.4. The maximum absolute atomic E-state index is 13.4. The number of ether oxygens (including phenoxy) is 1. The first-order valence-corrected chi connectivity index (χ1v) is 10.7. The Morgan fingerprint density at radius 3 is 2.32 bits per heavy atom. The van der Waals surface area contributed by atoms with Gasteiger partial charge in [-0.1, -0.05) is 12.1 Å². The molecule has 0 spiro atoms. The van der Waals surface area contributed by atoms with E-state index >= 15 is 0 Å². The molecule has 0 aliphatic heterocycles. The van der Waals surface area contributed by atoms with Gasteiger partial charge >= 0.3 is 0 Å². The van der Waals surface area contributed by atoms with Gasteiger partial charge in [-0.15, -0.1) is 0 Å². The summed E-state index contributed by atoms with van der Waals surface area (Å²) in [7, 11) is 1.57. The minimum atomic E-state index is -0.309. The molecule has 0 radical (unpaired) electrons. The van der Waals surface area contributed by atoms with Crippen LogP contribution in [-0.4, -0.2) is 18.8 Å². The number of methoxy groups -OCH3 is 1. The van der Waals surface area contributed by atoms with E-state index in [0.29, 0.717) is 28.2 Å². The van der Waals surface area contributed by atoms with E-state index in [1.54, 1.807) is 49.8 Å². The van der Waals surface area contributed by atoms with Gasteiger partial charge in [0.2, 0.25) is 5.91 Å². The predicted molar refractivity (Wildman–Crippen MR) is 132 cm³/mol. The van der Waals surface area contributed by atoms with Crippen molar-refractivity contribution in [3.05, 3.63) is 89.4 Å². The highest BCUT2D eigenvalue weighted by molar-refractivity contribution is 6.06. The molecular weight excluding hydrogens is 433 g/mol. The molecule has 0 unspecified atom stereocenters. The molecule has 0 saturated carbocycles. The number of hydrogen-bond acceptors (Lipinski definition) is 4. The molecule has 0 aliphatic rings. The van der Waals surface area contributed by atoms with Crippen LogP contribution in [-0.2, 0) is 4.79 Å². The summed E-state index contributed by atoms with van der Waals surface area (Å²) in [4.78, 5) is 24.1. The number of furan rings is 1. The standard InChI is InChI=1S/C28H24FNO4/c1-16(13-26(32)30-22-11-7-19(8-12-22)18(3)31)23-14-24-25(20-5-9-21(29)10-6-20)15-34-28(24)17(2)27(23)33-4/h5-15H,1-4H3,(H,30,32)/b16-13+. The number of carbonyl (C=O) groups is 2. The number of halogens is 1. The van der Waals surface area contributed by atoms with E-state index in [1.165, 1.54) is 25.1 Å². The monoisotopic (exact) mass is 457 g/mol. The van der Waals surface area contributed by atoms with Crippen LogP contribution in [0.3, 0.4) is 0 Å². The SMILES string of the molecule is COc1c(/C(C)=C/C(=O)Nc2ccc(C(C)=O)cc2)cc2c(-c3ccc(F)cc3)coc2c1C. The number of amides is 1. The van der Waals surface area contributed by atoms with Crippen LogP contribution >= 0.6 is 0 Å². The smallest absolute Gasteiger partial charge is 0.248 e. The molecule has 0 bridgehead atoms. The maximum Gasteiger partial charge on any atom is 0.248 e. The Hall–Kier alpha value is -4.19. The maximum atomic E-state index is 13.4. The Morgan fingerprint density at radius 2 is 1.71 bits per heavy atom. The molecule has 1 N–H and O–H groups in total. The highest BCUT2D eigenvalue weighted by Gasteiger charge is 2.19. The van der Waals surface area contributed by atoms with Crippen molar-refractivity contribution in [3.63, 3.8) is 0 Å². The molecule has 0 saturated heterocycles. The van der Waals surface area contributed by atoms with Gasteiger partial charge in [0.15, 0.2) is 5.78 Å². The fourth-order valence-electron chi connectivity index (χ4n) is 3.97. The summed E-state index contributed by atoms with van der Waals surface area (Å²) in [5.41, 5.74) is 5.74. The summed E-state index contributed by atoms with van der Waals surface area (Å²) in [6.45, 7) is 5.22. The van der Waals surface area contributed by atoms with Gasteiger partial charge in [0.25, 0.3) is 0 Å². The molecule has 6 heteroatoms. The number of carbonyl (C=O) groups excluding carboxylic acids is 2. The first kappa shape index (κ1) is 23.0. The van der Waals surface area contributed by atoms with Gasteiger partial charge in [-0.05, 0) is 74.4 Å². The average molecular weight is 458 g/mol. The molecular formula is C28H24FNO4. The Balaban J connectivity index is 1.70. The molecule has 1 amide bonds. The topological polar surface area (TPSA) is 68.5 Å². The molecule has 1 heterocycles. The Morgan fingerprint density at radius 1 is 1.03 bits per heavy atom. The summed E-state index contributed by atoms with van der Waals surface area (Å²) in [6.07, 6.45) is 3.14. The number of benzene rings is 3. The van der Waals surface area contributed by atoms with Crippen molar-refractivity contribution in [2.75, 3.05) is 12.4 Å². The quantitative estimate of drug-likeness (QED) is 0.255. The Labute approximate surface area is 196 Å². The second kappa shape index (κ2) is 9.35. The number of fused-ring (bicyclic) bond motifs is 1. The molecule has 4 aromatic rings. The molecule has 34 heavy (non-hydrogen) atoms. The van der Waals surface area contributed by atoms with E-state index in [9.17, 15) is 14.0 Å². The van der Waals surface area contributed by atoms with Gasteiger partial charge in [-0.2, -0.15) is 0 Å². The minimum absolute atomic E-state index is 0.0364. The Kier molecular flexibility index (Phi) is 6.32. The second-order valence-electron chi connectivity index (χ2n) is 8.07. The number of nitrogens with one attached hydrogen (secondary N) is 1. The molecule has 0 aliphatic carbocycles. The van der Waals surface area contributed by atoms with Gasteiger partial charge in [0, 0.05) is 39.4 Å². The Bertz CT molecular complexity index is 1410. The van der Waals surface area contributed by atoms with Gasteiger partial charge in [-0.3, -0.25) is 9.59 Å². The average Bonchev–Trinajstić information content (AvgIpc) is 3.24. The minimum Gasteiger partial charge on any atom is -0.496 e. The number of Topliss-reactive ketones (excluding diaryl/α,β-unsaturated/α-hetero) is 1. The number of rotatable bonds is 6. The van der Waals surface area contributed by atoms with Crippen molar-refractivity contribution < 1.29 is 23.1 Å². The third-order valence-electron chi connectivity index (χ3n) is 5.73. The van der Waals surface area contributed by atoms with Gasteiger partial charge in [0.05, 0.1) is 13.4 Å². The van der Waals surface area contributed by atoms with Crippen LogP contribution in [0.25, 0.3) is 27.7 Å². The first-order valence-electron chi connectivity index (χ1n) is 10.7. The zero-order valence-electron chi connectivity index (χ0n) is 19.4. The largest absolute Gasteiger partial charge is 0.496 e. The lowest BCUT2D eigenvalue weighted by Gasteiger charge is -2.13. The van der Waals surface area contributed by atoms with E-state index in [0.717, 1.165) is 27.6 Å². The van der Waals surface area contributed by atoms with Crippen LogP contribution in [0.4, 0.5) is 10.1 Å². The van der Waals surface area contributed by atoms with Crippen LogP contribution in [0.5, 0.6) is 5.75 Å². The number of anilines is 1. The van der Waals surface area contributed by atoms with Crippen molar-refractivity contribution in [2.45, 2.75) is 20.8 Å². The number of ketones is 1. The van der Waals surface area contributed by atoms with Gasteiger partial charge in [0.1, 0.15) is 17.1 Å². The van der Waals surface area contributed by atoms with Gasteiger partial charge in [-0.25, -0.2) is 4.39 Å². The third kappa shape index (κ3) is 4.48. The highest BCUT2D eigenvalue weighted by Crippen LogP contribution is 2.40. The lowest BCUT2D eigenvalue weighted by atomic mass is 9.96. The molecule has 5 nitrogen and oxygen atoms in total. The summed E-state index contributed by atoms with van der Waals surface area (Å²) in [5, 5.41) is 3.65. The molecule has 4 rings (SSSR count). The lowest BCUT2D eigenvalue weighted by Crippen LogP contribution is -2.09. The van der Waals surface area contributed by atoms with E-state index in [4.69, 9.17) is 9.15 Å². The number of aryl methyl sites for hydroxylation is 1. The van der Waals surface area contributed by atoms with Crippen LogP contribution < -0.4 is 10.1 Å². The normalized spacial score (nSPS) is 11.5. The lowest BCUT2D eigenvalue weighted by molar-refractivity contribution is -0.111. The fourth-order valence-corrected chi connectivity index (χ4v) is 3.97. The van der Waals surface area contributed by atoms with E-state index in [-0.39, 0.29) is 17.5 Å². The van der Waals surface area contributed by atoms with Crippen molar-refractivity contribution >= 4 is 33.9 Å². The zero-order chi connectivity index (χ0) is 24.4. The van der Waals surface area contributed by atoms with Crippen LogP contribution in [0.1, 0.15) is 35.3 Å². The summed E-state index contributed by atoms with van der Waals surface area (Å²) < 4.78 is 24.9. The molecule has 1 aromatic heterocycles. The summed E-state index contributed by atoms with van der Waals surface area (Å²) in [6, 6.07) is 14.9. The second-order valence-corrected chi connectivity index (χ2v) is 8.07. The molecule has 0 atom stereocenters. The number of allylic oxidation sites excluding steroid dienone is 1. The molecule has 172 valence electrons. The predicted octanol–water partition coefficient (Wildman–Crippen LogP) is 6.80.